The molecule has 0 radical (unpaired) electrons. The summed E-state index contributed by atoms with van der Waals surface area (Å²) in [5, 5.41) is 0. The fraction of sp³-hybridized carbons (Fsp3) is 0.273. The number of nitrogens with zero attached hydrogens (tertiary/aromatic N) is 1. The molecule has 0 bridgehead atoms. The number of alkyl halides is 1. The molecule has 0 spiro atoms. The zero-order valence-corrected chi connectivity index (χ0v) is 15.8. The Hall–Kier alpha value is -2.39. The number of hydrogen-bond acceptors (Lipinski definition) is 2. The highest BCUT2D eigenvalue weighted by atomic mass is 35.5. The second kappa shape index (κ2) is 9.35. The van der Waals surface area contributed by atoms with Crippen LogP contribution in [0.3, 0.4) is 0 Å². The first-order valence-electron chi connectivity index (χ1n) is 8.97. The lowest BCUT2D eigenvalue weighted by Crippen LogP contribution is -2.05. The van der Waals surface area contributed by atoms with Crippen molar-refractivity contribution in [2.75, 3.05) is 12.5 Å². The zero-order chi connectivity index (χ0) is 18.2. The van der Waals surface area contributed by atoms with E-state index in [2.05, 4.69) is 29.7 Å². The molecule has 0 amide bonds. The van der Waals surface area contributed by atoms with E-state index in [0.29, 0.717) is 19.1 Å². The average molecular weight is 370 g/mol. The summed E-state index contributed by atoms with van der Waals surface area (Å²) in [7, 11) is 0. The average Bonchev–Trinajstić information content (AvgIpc) is 3.22. The molecule has 3 rings (SSSR count). The highest BCUT2D eigenvalue weighted by Crippen LogP contribution is 2.33. The van der Waals surface area contributed by atoms with E-state index in [1.54, 1.807) is 0 Å². The number of aryl methyl sites for hydroxylation is 1. The molecule has 1 aromatic heterocycles. The lowest BCUT2D eigenvalue weighted by molar-refractivity contribution is 0.293. The van der Waals surface area contributed by atoms with Crippen LogP contribution in [0.4, 0.5) is 0 Å². The van der Waals surface area contributed by atoms with Crippen LogP contribution in [0, 0.1) is 0 Å². The molecule has 4 heteroatoms. The molecular formula is C22H24ClNO2. The van der Waals surface area contributed by atoms with Gasteiger partial charge in [0.2, 0.25) is 0 Å². The Kier molecular flexibility index (Phi) is 6.62. The summed E-state index contributed by atoms with van der Waals surface area (Å²) in [5.74, 6) is 2.28. The second-order valence-corrected chi connectivity index (χ2v) is 6.41. The predicted molar refractivity (Wildman–Crippen MR) is 107 cm³/mol. The third kappa shape index (κ3) is 4.61. The van der Waals surface area contributed by atoms with Gasteiger partial charge in [0.05, 0.1) is 12.3 Å². The Labute approximate surface area is 160 Å². The van der Waals surface area contributed by atoms with Gasteiger partial charge >= 0.3 is 0 Å². The number of ether oxygens (including phenoxy) is 2. The van der Waals surface area contributed by atoms with Gasteiger partial charge in [0, 0.05) is 24.3 Å². The van der Waals surface area contributed by atoms with Gasteiger partial charge < -0.3 is 14.0 Å². The van der Waals surface area contributed by atoms with Crippen molar-refractivity contribution in [3.63, 3.8) is 0 Å². The van der Waals surface area contributed by atoms with Crippen molar-refractivity contribution in [3.05, 3.63) is 78.1 Å². The van der Waals surface area contributed by atoms with Crippen LogP contribution < -0.4 is 9.47 Å². The molecule has 26 heavy (non-hydrogen) atoms. The van der Waals surface area contributed by atoms with Crippen LogP contribution in [0.1, 0.15) is 24.5 Å². The SMILES string of the molecule is CCc1cc(-n2cccc2)c(OCc2ccccc2)cc1OCCCCl. The van der Waals surface area contributed by atoms with Gasteiger partial charge in [-0.1, -0.05) is 37.3 Å². The minimum Gasteiger partial charge on any atom is -0.493 e. The van der Waals surface area contributed by atoms with Crippen LogP contribution >= 0.6 is 11.6 Å². The van der Waals surface area contributed by atoms with Crippen LogP contribution in [0.15, 0.2) is 67.0 Å². The lowest BCUT2D eigenvalue weighted by Gasteiger charge is -2.18. The largest absolute Gasteiger partial charge is 0.493 e. The maximum absolute atomic E-state index is 6.17. The van der Waals surface area contributed by atoms with E-state index in [-0.39, 0.29) is 0 Å². The van der Waals surface area contributed by atoms with Gasteiger partial charge in [-0.3, -0.25) is 0 Å². The van der Waals surface area contributed by atoms with Gasteiger partial charge in [-0.15, -0.1) is 11.6 Å². The molecule has 1 heterocycles. The molecule has 2 aromatic carbocycles. The summed E-state index contributed by atoms with van der Waals surface area (Å²) in [5.41, 5.74) is 3.32. The fourth-order valence-corrected chi connectivity index (χ4v) is 2.90. The Bertz CT molecular complexity index is 801. The second-order valence-electron chi connectivity index (χ2n) is 6.04. The summed E-state index contributed by atoms with van der Waals surface area (Å²) in [6, 6.07) is 18.4. The Balaban J connectivity index is 1.91. The molecule has 0 atom stereocenters. The van der Waals surface area contributed by atoms with E-state index in [1.165, 1.54) is 0 Å². The molecule has 0 unspecified atom stereocenters. The van der Waals surface area contributed by atoms with Gasteiger partial charge in [-0.05, 0) is 42.2 Å². The summed E-state index contributed by atoms with van der Waals surface area (Å²) in [6.45, 7) is 3.26. The molecule has 136 valence electrons. The number of hydrogen-bond donors (Lipinski definition) is 0. The fourth-order valence-electron chi connectivity index (χ4n) is 2.79. The van der Waals surface area contributed by atoms with Crippen molar-refractivity contribution >= 4 is 11.6 Å². The van der Waals surface area contributed by atoms with Gasteiger partial charge in [0.15, 0.2) is 0 Å². The summed E-state index contributed by atoms with van der Waals surface area (Å²) in [4.78, 5) is 0. The molecule has 0 saturated heterocycles. The van der Waals surface area contributed by atoms with Crippen LogP contribution in [0.25, 0.3) is 5.69 Å². The minimum atomic E-state index is 0.516. The summed E-state index contributed by atoms with van der Waals surface area (Å²) < 4.78 is 14.2. The minimum absolute atomic E-state index is 0.516. The van der Waals surface area contributed by atoms with Crippen molar-refractivity contribution in [2.24, 2.45) is 0 Å². The van der Waals surface area contributed by atoms with Crippen LogP contribution in [0.2, 0.25) is 0 Å². The first-order valence-corrected chi connectivity index (χ1v) is 9.51. The van der Waals surface area contributed by atoms with E-state index in [0.717, 1.165) is 41.2 Å². The van der Waals surface area contributed by atoms with Gasteiger partial charge in [-0.25, -0.2) is 0 Å². The quantitative estimate of drug-likeness (QED) is 0.360. The van der Waals surface area contributed by atoms with Gasteiger partial charge in [0.1, 0.15) is 18.1 Å². The van der Waals surface area contributed by atoms with Gasteiger partial charge in [0.25, 0.3) is 0 Å². The maximum Gasteiger partial charge on any atom is 0.147 e. The highest BCUT2D eigenvalue weighted by molar-refractivity contribution is 6.17. The molecule has 0 fully saturated rings. The molecular weight excluding hydrogens is 346 g/mol. The molecule has 0 aliphatic rings. The van der Waals surface area contributed by atoms with E-state index >= 15 is 0 Å². The summed E-state index contributed by atoms with van der Waals surface area (Å²) in [6.07, 6.45) is 5.77. The Morgan fingerprint density at radius 1 is 0.923 bits per heavy atom. The number of rotatable bonds is 9. The standard InChI is InChI=1S/C22H24ClNO2/c1-2-19-15-20(24-12-6-7-13-24)22(16-21(19)25-14-8-11-23)26-17-18-9-4-3-5-10-18/h3-7,9-10,12-13,15-16H,2,8,11,14,17H2,1H3. The topological polar surface area (TPSA) is 23.4 Å². The van der Waals surface area contributed by atoms with Crippen molar-refractivity contribution in [2.45, 2.75) is 26.4 Å². The highest BCUT2D eigenvalue weighted by Gasteiger charge is 2.13. The third-order valence-electron chi connectivity index (χ3n) is 4.18. The first kappa shape index (κ1) is 18.4. The molecule has 3 nitrogen and oxygen atoms in total. The van der Waals surface area contributed by atoms with Crippen LogP contribution in [0.5, 0.6) is 11.5 Å². The van der Waals surface area contributed by atoms with E-state index in [4.69, 9.17) is 21.1 Å². The van der Waals surface area contributed by atoms with E-state index in [9.17, 15) is 0 Å². The van der Waals surface area contributed by atoms with E-state index < -0.39 is 0 Å². The molecule has 0 saturated carbocycles. The van der Waals surface area contributed by atoms with Crippen molar-refractivity contribution in [1.29, 1.82) is 0 Å². The number of benzene rings is 2. The van der Waals surface area contributed by atoms with E-state index in [1.807, 2.05) is 48.8 Å². The first-order chi connectivity index (χ1) is 12.8. The lowest BCUT2D eigenvalue weighted by atomic mass is 10.1. The van der Waals surface area contributed by atoms with Crippen molar-refractivity contribution < 1.29 is 9.47 Å². The van der Waals surface area contributed by atoms with Crippen molar-refractivity contribution in [3.8, 4) is 17.2 Å². The molecule has 0 aliphatic heterocycles. The Morgan fingerprint density at radius 3 is 2.38 bits per heavy atom. The monoisotopic (exact) mass is 369 g/mol. The number of halogens is 1. The molecule has 0 N–H and O–H groups in total. The number of aromatic nitrogens is 1. The van der Waals surface area contributed by atoms with Crippen LogP contribution in [-0.2, 0) is 13.0 Å². The summed E-state index contributed by atoms with van der Waals surface area (Å²) >= 11 is 5.78. The maximum atomic E-state index is 6.17. The van der Waals surface area contributed by atoms with Crippen molar-refractivity contribution in [1.82, 2.24) is 4.57 Å². The van der Waals surface area contributed by atoms with Crippen LogP contribution in [-0.4, -0.2) is 17.1 Å². The Morgan fingerprint density at radius 2 is 1.69 bits per heavy atom. The van der Waals surface area contributed by atoms with Gasteiger partial charge in [-0.2, -0.15) is 0 Å². The predicted octanol–water partition coefficient (Wildman–Crippen LogP) is 5.63. The smallest absolute Gasteiger partial charge is 0.147 e. The third-order valence-corrected chi connectivity index (χ3v) is 4.45. The normalized spacial score (nSPS) is 10.7. The molecule has 0 aliphatic carbocycles. The zero-order valence-electron chi connectivity index (χ0n) is 15.0. The molecule has 3 aromatic rings.